The number of para-hydroxylation sites is 1. The summed E-state index contributed by atoms with van der Waals surface area (Å²) in [7, 11) is 1.45. The number of nitro groups is 1. The summed E-state index contributed by atoms with van der Waals surface area (Å²) in [6.45, 7) is 2.22. The van der Waals surface area contributed by atoms with Crippen LogP contribution in [0.1, 0.15) is 58.3 Å². The van der Waals surface area contributed by atoms with Crippen molar-refractivity contribution in [3.8, 4) is 0 Å². The van der Waals surface area contributed by atoms with Gasteiger partial charge < -0.3 is 10.2 Å². The van der Waals surface area contributed by atoms with Gasteiger partial charge in [-0.15, -0.1) is 0 Å². The zero-order chi connectivity index (χ0) is 16.6. The van der Waals surface area contributed by atoms with E-state index in [1.807, 2.05) is 0 Å². The minimum atomic E-state index is -0.417. The van der Waals surface area contributed by atoms with E-state index in [0.717, 1.165) is 6.42 Å². The molecule has 6 heteroatoms. The number of unbranched alkanes of at least 4 members (excludes halogenated alkanes) is 6. The zero-order valence-corrected chi connectivity index (χ0v) is 14.1. The van der Waals surface area contributed by atoms with Crippen molar-refractivity contribution in [2.24, 2.45) is 0 Å². The van der Waals surface area contributed by atoms with Gasteiger partial charge >= 0.3 is 5.97 Å². The Morgan fingerprint density at radius 1 is 1.04 bits per heavy atom. The summed E-state index contributed by atoms with van der Waals surface area (Å²) in [6.07, 6.45) is 9.29. The normalized spacial score (nSPS) is 9.13. The van der Waals surface area contributed by atoms with Crippen LogP contribution in [-0.2, 0) is 9.53 Å². The minimum Gasteiger partial charge on any atom is -0.469 e. The van der Waals surface area contributed by atoms with Gasteiger partial charge in [-0.05, 0) is 6.42 Å². The maximum atomic E-state index is 10.7. The fraction of sp³-hybridized carbons (Fsp3) is 0.588. The highest BCUT2D eigenvalue weighted by molar-refractivity contribution is 5.68. The predicted molar refractivity (Wildman–Crippen MR) is 91.3 cm³/mol. The average molecular weight is 327 g/mol. The Balaban J connectivity index is 0. The van der Waals surface area contributed by atoms with Crippen molar-refractivity contribution in [2.45, 2.75) is 58.3 Å². The summed E-state index contributed by atoms with van der Waals surface area (Å²) < 4.78 is 4.56. The molecular weight excluding hydrogens is 298 g/mol. The van der Waals surface area contributed by atoms with E-state index in [2.05, 4.69) is 11.7 Å². The van der Waals surface area contributed by atoms with Crippen LogP contribution in [0.2, 0.25) is 0 Å². The van der Waals surface area contributed by atoms with Gasteiger partial charge in [0.05, 0.1) is 12.0 Å². The first-order valence-electron chi connectivity index (χ1n) is 7.88. The summed E-state index contributed by atoms with van der Waals surface area (Å²) in [5.74, 6) is -0.0754. The van der Waals surface area contributed by atoms with Crippen molar-refractivity contribution in [1.82, 2.24) is 0 Å². The van der Waals surface area contributed by atoms with Crippen LogP contribution in [0.15, 0.2) is 30.3 Å². The van der Waals surface area contributed by atoms with Gasteiger partial charge in [0.15, 0.2) is 0 Å². The van der Waals surface area contributed by atoms with Crippen molar-refractivity contribution in [3.63, 3.8) is 0 Å². The van der Waals surface area contributed by atoms with Crippen LogP contribution in [0.3, 0.4) is 0 Å². The van der Waals surface area contributed by atoms with Crippen LogP contribution in [0.5, 0.6) is 0 Å². The summed E-state index contributed by atoms with van der Waals surface area (Å²) >= 11 is 0. The first kappa shape index (κ1) is 23.3. The Bertz CT molecular complexity index is 409. The monoisotopic (exact) mass is 327 g/mol. The van der Waals surface area contributed by atoms with Crippen LogP contribution >= 0.6 is 0 Å². The lowest BCUT2D eigenvalue weighted by Crippen LogP contribution is -1.99. The second-order valence-electron chi connectivity index (χ2n) is 5.04. The van der Waals surface area contributed by atoms with Gasteiger partial charge in [0.25, 0.3) is 5.69 Å². The molecule has 0 unspecified atom stereocenters. The van der Waals surface area contributed by atoms with E-state index in [1.54, 1.807) is 18.2 Å². The van der Waals surface area contributed by atoms with Gasteiger partial charge in [0.1, 0.15) is 0 Å². The maximum absolute atomic E-state index is 10.7. The third kappa shape index (κ3) is 14.7. The topological polar surface area (TPSA) is 101 Å². The van der Waals surface area contributed by atoms with Crippen LogP contribution in [0.4, 0.5) is 5.69 Å². The molecule has 1 aromatic rings. The number of benzene rings is 1. The number of non-ortho nitro benzene ring substituents is 1. The highest BCUT2D eigenvalue weighted by atomic mass is 16.6. The fourth-order valence-electron chi connectivity index (χ4n) is 1.88. The van der Waals surface area contributed by atoms with Gasteiger partial charge in [0.2, 0.25) is 0 Å². The van der Waals surface area contributed by atoms with Crippen molar-refractivity contribution in [2.75, 3.05) is 7.11 Å². The van der Waals surface area contributed by atoms with Crippen molar-refractivity contribution in [1.29, 1.82) is 0 Å². The first-order valence-corrected chi connectivity index (χ1v) is 7.88. The number of carbonyl (C=O) groups is 1. The maximum Gasteiger partial charge on any atom is 0.305 e. The molecule has 0 saturated heterocycles. The Morgan fingerprint density at radius 3 is 2.00 bits per heavy atom. The van der Waals surface area contributed by atoms with Gasteiger partial charge in [-0.25, -0.2) is 0 Å². The lowest BCUT2D eigenvalue weighted by molar-refractivity contribution is -0.384. The molecular formula is C17H29NO5. The number of hydrogen-bond donors (Lipinski definition) is 0. The highest BCUT2D eigenvalue weighted by Gasteiger charge is 1.99. The molecule has 0 saturated carbocycles. The zero-order valence-electron chi connectivity index (χ0n) is 14.1. The molecule has 0 radical (unpaired) electrons. The third-order valence-electron chi connectivity index (χ3n) is 3.18. The molecule has 0 amide bonds. The number of hydrogen-bond acceptors (Lipinski definition) is 4. The van der Waals surface area contributed by atoms with Crippen molar-refractivity contribution in [3.05, 3.63) is 40.4 Å². The van der Waals surface area contributed by atoms with Crippen LogP contribution in [-0.4, -0.2) is 23.5 Å². The molecule has 0 fully saturated rings. The lowest BCUT2D eigenvalue weighted by Gasteiger charge is -2.00. The van der Waals surface area contributed by atoms with E-state index < -0.39 is 4.92 Å². The van der Waals surface area contributed by atoms with Gasteiger partial charge in [0, 0.05) is 18.6 Å². The number of nitrogens with zero attached hydrogens (tertiary/aromatic N) is 1. The summed E-state index contributed by atoms with van der Waals surface area (Å²) in [6, 6.07) is 7.93. The van der Waals surface area contributed by atoms with Crippen molar-refractivity contribution >= 4 is 11.7 Å². The van der Waals surface area contributed by atoms with E-state index in [-0.39, 0.29) is 17.1 Å². The van der Waals surface area contributed by atoms with Crippen molar-refractivity contribution < 1.29 is 19.9 Å². The number of esters is 1. The summed E-state index contributed by atoms with van der Waals surface area (Å²) in [5.41, 5.74) is 0.137. The number of nitro benzene ring substituents is 1. The Kier molecular flexibility index (Phi) is 16.6. The highest BCUT2D eigenvalue weighted by Crippen LogP contribution is 2.08. The molecule has 132 valence electrons. The standard InChI is InChI=1S/C11H22O2.C6H5NO2.H2O/c1-3-4-5-6-7-8-9-10-11(12)13-2;8-7(9)6-4-2-1-3-5-6;/h3-10H2,1-2H3;1-5H;1H2. The molecule has 0 aliphatic carbocycles. The summed E-state index contributed by atoms with van der Waals surface area (Å²) in [5, 5.41) is 10.0. The van der Waals surface area contributed by atoms with E-state index in [1.165, 1.54) is 57.8 Å². The smallest absolute Gasteiger partial charge is 0.305 e. The third-order valence-corrected chi connectivity index (χ3v) is 3.18. The molecule has 1 aromatic carbocycles. The molecule has 0 aliphatic rings. The molecule has 0 atom stereocenters. The number of rotatable bonds is 9. The predicted octanol–water partition coefficient (Wildman–Crippen LogP) is 4.07. The minimum absolute atomic E-state index is 0. The molecule has 2 N–H and O–H groups in total. The van der Waals surface area contributed by atoms with E-state index in [0.29, 0.717) is 6.42 Å². The number of methoxy groups -OCH3 is 1. The summed E-state index contributed by atoms with van der Waals surface area (Å²) in [4.78, 5) is 20.3. The number of ether oxygens (including phenoxy) is 1. The second-order valence-corrected chi connectivity index (χ2v) is 5.04. The molecule has 1 rings (SSSR count). The van der Waals surface area contributed by atoms with Crippen LogP contribution in [0.25, 0.3) is 0 Å². The largest absolute Gasteiger partial charge is 0.469 e. The Hall–Kier alpha value is -1.95. The van der Waals surface area contributed by atoms with E-state index in [9.17, 15) is 14.9 Å². The van der Waals surface area contributed by atoms with E-state index in [4.69, 9.17) is 0 Å². The lowest BCUT2D eigenvalue weighted by atomic mass is 10.1. The Labute approximate surface area is 138 Å². The van der Waals surface area contributed by atoms with Crippen LogP contribution in [0, 0.1) is 10.1 Å². The van der Waals surface area contributed by atoms with E-state index >= 15 is 0 Å². The van der Waals surface area contributed by atoms with Gasteiger partial charge in [-0.3, -0.25) is 14.9 Å². The molecule has 0 aliphatic heterocycles. The molecule has 0 aromatic heterocycles. The molecule has 23 heavy (non-hydrogen) atoms. The first-order chi connectivity index (χ1) is 10.6. The molecule has 6 nitrogen and oxygen atoms in total. The molecule has 0 spiro atoms. The van der Waals surface area contributed by atoms with Gasteiger partial charge in [-0.2, -0.15) is 0 Å². The molecule has 0 bridgehead atoms. The van der Waals surface area contributed by atoms with Crippen LogP contribution < -0.4 is 0 Å². The SMILES string of the molecule is CCCCCCCCCC(=O)OC.O.O=[N+]([O-])c1ccccc1. The van der Waals surface area contributed by atoms with Gasteiger partial charge in [-0.1, -0.05) is 63.6 Å². The second kappa shape index (κ2) is 16.4. The quantitative estimate of drug-likeness (QED) is 0.295. The molecule has 0 heterocycles. The average Bonchev–Trinajstić information content (AvgIpc) is 2.55. The fourth-order valence-corrected chi connectivity index (χ4v) is 1.88. The Morgan fingerprint density at radius 2 is 1.57 bits per heavy atom. The number of carbonyl (C=O) groups excluding carboxylic acids is 1.